The van der Waals surface area contributed by atoms with Crippen molar-refractivity contribution in [3.05, 3.63) is 23.9 Å². The van der Waals surface area contributed by atoms with Crippen LogP contribution in [0, 0.1) is 11.8 Å². The Labute approximate surface area is 130 Å². The number of carbonyl (C=O) groups is 2. The number of rotatable bonds is 2. The first-order chi connectivity index (χ1) is 10.6. The molecule has 0 aromatic carbocycles. The van der Waals surface area contributed by atoms with Crippen molar-refractivity contribution in [2.75, 3.05) is 11.9 Å². The quantitative estimate of drug-likeness (QED) is 0.878. The van der Waals surface area contributed by atoms with Gasteiger partial charge in [-0.1, -0.05) is 25.8 Å². The van der Waals surface area contributed by atoms with E-state index in [1.165, 1.54) is 25.3 Å². The Balaban J connectivity index is 1.72. The lowest BCUT2D eigenvalue weighted by Gasteiger charge is -2.32. The van der Waals surface area contributed by atoms with Crippen molar-refractivity contribution in [2.24, 2.45) is 17.6 Å². The van der Waals surface area contributed by atoms with E-state index in [0.717, 1.165) is 13.0 Å². The molecule has 1 aromatic rings. The van der Waals surface area contributed by atoms with Gasteiger partial charge in [0.15, 0.2) is 0 Å². The summed E-state index contributed by atoms with van der Waals surface area (Å²) >= 11 is 0. The lowest BCUT2D eigenvalue weighted by Crippen LogP contribution is -2.41. The van der Waals surface area contributed by atoms with Crippen molar-refractivity contribution in [2.45, 2.75) is 38.6 Å². The van der Waals surface area contributed by atoms with E-state index in [-0.39, 0.29) is 11.7 Å². The number of likely N-dealkylation sites (tertiary alicyclic amines) is 1. The maximum absolute atomic E-state index is 12.6. The molecule has 3 N–H and O–H groups in total. The number of anilines is 1. The maximum Gasteiger partial charge on any atom is 0.323 e. The van der Waals surface area contributed by atoms with Gasteiger partial charge in [-0.3, -0.25) is 10.1 Å². The molecular weight excluding hydrogens is 280 g/mol. The highest BCUT2D eigenvalue weighted by atomic mass is 16.2. The first-order valence-electron chi connectivity index (χ1n) is 7.90. The van der Waals surface area contributed by atoms with Gasteiger partial charge in [0.1, 0.15) is 11.5 Å². The summed E-state index contributed by atoms with van der Waals surface area (Å²) in [5.41, 5.74) is 5.37. The number of hydrogen-bond donors (Lipinski definition) is 2. The van der Waals surface area contributed by atoms with Crippen LogP contribution in [0.25, 0.3) is 0 Å². The predicted molar refractivity (Wildman–Crippen MR) is 83.4 cm³/mol. The molecule has 3 rings (SSSR count). The smallest absolute Gasteiger partial charge is 0.323 e. The fourth-order valence-electron chi connectivity index (χ4n) is 3.83. The number of pyridine rings is 1. The fourth-order valence-corrected chi connectivity index (χ4v) is 3.83. The van der Waals surface area contributed by atoms with Crippen LogP contribution in [0.5, 0.6) is 0 Å². The number of urea groups is 1. The van der Waals surface area contributed by atoms with Crippen LogP contribution in [0.4, 0.5) is 10.6 Å². The van der Waals surface area contributed by atoms with Crippen LogP contribution in [0.15, 0.2) is 18.2 Å². The Morgan fingerprint density at radius 3 is 2.86 bits per heavy atom. The molecule has 0 bridgehead atoms. The Morgan fingerprint density at radius 1 is 1.32 bits per heavy atom. The molecule has 3 amide bonds. The molecule has 2 fully saturated rings. The second kappa shape index (κ2) is 5.94. The first-order valence-corrected chi connectivity index (χ1v) is 7.90. The number of carbonyl (C=O) groups excluding carboxylic acids is 2. The van der Waals surface area contributed by atoms with E-state index in [0.29, 0.717) is 23.7 Å². The Hall–Kier alpha value is -2.11. The van der Waals surface area contributed by atoms with E-state index in [1.807, 2.05) is 4.90 Å². The average Bonchev–Trinajstić information content (AvgIpc) is 2.85. The predicted octanol–water partition coefficient (Wildman–Crippen LogP) is 2.22. The maximum atomic E-state index is 12.6. The molecule has 1 aliphatic heterocycles. The minimum atomic E-state index is -0.599. The van der Waals surface area contributed by atoms with Gasteiger partial charge in [0.05, 0.1) is 0 Å². The van der Waals surface area contributed by atoms with Crippen LogP contribution in [-0.4, -0.2) is 34.4 Å². The van der Waals surface area contributed by atoms with Crippen molar-refractivity contribution in [3.63, 3.8) is 0 Å². The van der Waals surface area contributed by atoms with Crippen molar-refractivity contribution < 1.29 is 9.59 Å². The van der Waals surface area contributed by atoms with Crippen LogP contribution in [0.3, 0.4) is 0 Å². The van der Waals surface area contributed by atoms with Gasteiger partial charge in [-0.05, 0) is 36.8 Å². The zero-order valence-electron chi connectivity index (χ0n) is 12.8. The molecule has 1 saturated carbocycles. The van der Waals surface area contributed by atoms with Crippen LogP contribution < -0.4 is 11.1 Å². The summed E-state index contributed by atoms with van der Waals surface area (Å²) in [4.78, 5) is 29.7. The number of aromatic nitrogens is 1. The van der Waals surface area contributed by atoms with Crippen molar-refractivity contribution in [3.8, 4) is 0 Å². The van der Waals surface area contributed by atoms with Crippen LogP contribution >= 0.6 is 0 Å². The summed E-state index contributed by atoms with van der Waals surface area (Å²) < 4.78 is 0. The summed E-state index contributed by atoms with van der Waals surface area (Å²) in [6.07, 6.45) is 4.75. The second-order valence-corrected chi connectivity index (χ2v) is 6.35. The van der Waals surface area contributed by atoms with E-state index in [2.05, 4.69) is 17.2 Å². The molecule has 1 aromatic heterocycles. The van der Waals surface area contributed by atoms with Crippen molar-refractivity contribution >= 4 is 17.8 Å². The van der Waals surface area contributed by atoms with Crippen LogP contribution in [0.1, 0.15) is 43.1 Å². The third-order valence-electron chi connectivity index (χ3n) is 4.89. The molecule has 0 spiro atoms. The van der Waals surface area contributed by atoms with Gasteiger partial charge < -0.3 is 10.6 Å². The van der Waals surface area contributed by atoms with E-state index in [4.69, 9.17) is 5.73 Å². The summed E-state index contributed by atoms with van der Waals surface area (Å²) in [6, 6.07) is 5.08. The highest BCUT2D eigenvalue weighted by molar-refractivity contribution is 5.93. The topological polar surface area (TPSA) is 88.3 Å². The molecule has 1 saturated heterocycles. The van der Waals surface area contributed by atoms with Gasteiger partial charge in [0.2, 0.25) is 0 Å². The zero-order chi connectivity index (χ0) is 15.7. The number of amides is 3. The number of fused-ring (bicyclic) bond motifs is 1. The summed E-state index contributed by atoms with van der Waals surface area (Å²) in [6.45, 7) is 3.01. The molecule has 3 atom stereocenters. The summed E-state index contributed by atoms with van der Waals surface area (Å²) in [5, 5.41) is 2.80. The van der Waals surface area contributed by atoms with Crippen LogP contribution in [0.2, 0.25) is 0 Å². The summed E-state index contributed by atoms with van der Waals surface area (Å²) in [5.74, 6) is 0.928. The molecule has 1 aliphatic carbocycles. The van der Waals surface area contributed by atoms with Gasteiger partial charge in [0.25, 0.3) is 5.91 Å². The third kappa shape index (κ3) is 2.77. The van der Waals surface area contributed by atoms with E-state index < -0.39 is 5.91 Å². The molecule has 0 radical (unpaired) electrons. The van der Waals surface area contributed by atoms with E-state index in [1.54, 1.807) is 12.1 Å². The Morgan fingerprint density at radius 2 is 2.09 bits per heavy atom. The van der Waals surface area contributed by atoms with Crippen molar-refractivity contribution in [1.29, 1.82) is 0 Å². The molecular formula is C16H22N4O2. The standard InChI is InChI=1S/C16H22N4O2/c1-10-9-20(13-7-3-2-5-11(10)13)16(22)19-14-8-4-6-12(18-14)15(17)21/h4,6,8,10-11,13H,2-3,5,7,9H2,1H3,(H2,17,21)(H,18,19,22)/t10-,11+,13+/m1/s1. The monoisotopic (exact) mass is 302 g/mol. The Bertz CT molecular complexity index is 589. The molecule has 2 aliphatic rings. The van der Waals surface area contributed by atoms with Crippen molar-refractivity contribution in [1.82, 2.24) is 9.88 Å². The number of hydrogen-bond acceptors (Lipinski definition) is 3. The molecule has 2 heterocycles. The van der Waals surface area contributed by atoms with Gasteiger partial charge in [-0.15, -0.1) is 0 Å². The van der Waals surface area contributed by atoms with Gasteiger partial charge >= 0.3 is 6.03 Å². The number of nitrogens with one attached hydrogen (secondary N) is 1. The molecule has 6 nitrogen and oxygen atoms in total. The fraction of sp³-hybridized carbons (Fsp3) is 0.562. The molecule has 118 valence electrons. The normalized spacial score (nSPS) is 27.3. The van der Waals surface area contributed by atoms with Gasteiger partial charge in [-0.2, -0.15) is 0 Å². The van der Waals surface area contributed by atoms with Gasteiger partial charge in [-0.25, -0.2) is 9.78 Å². The van der Waals surface area contributed by atoms with Gasteiger partial charge in [0, 0.05) is 12.6 Å². The Kier molecular flexibility index (Phi) is 4.00. The molecule has 6 heteroatoms. The SMILES string of the molecule is C[C@@H]1CN(C(=O)Nc2cccc(C(N)=O)n2)[C@H]2CCCC[C@@H]12. The number of nitrogens with zero attached hydrogens (tertiary/aromatic N) is 2. The number of nitrogens with two attached hydrogens (primary N) is 1. The summed E-state index contributed by atoms with van der Waals surface area (Å²) in [7, 11) is 0. The minimum absolute atomic E-state index is 0.129. The van der Waals surface area contributed by atoms with Crippen LogP contribution in [-0.2, 0) is 0 Å². The minimum Gasteiger partial charge on any atom is -0.364 e. The number of primary amides is 1. The highest BCUT2D eigenvalue weighted by Crippen LogP contribution is 2.39. The largest absolute Gasteiger partial charge is 0.364 e. The molecule has 22 heavy (non-hydrogen) atoms. The zero-order valence-corrected chi connectivity index (χ0v) is 12.8. The first kappa shape index (κ1) is 14.8. The average molecular weight is 302 g/mol. The highest BCUT2D eigenvalue weighted by Gasteiger charge is 2.42. The molecule has 0 unspecified atom stereocenters. The second-order valence-electron chi connectivity index (χ2n) is 6.35. The lowest BCUT2D eigenvalue weighted by atomic mass is 9.80. The third-order valence-corrected chi connectivity index (χ3v) is 4.89. The van der Waals surface area contributed by atoms with E-state index in [9.17, 15) is 9.59 Å². The lowest BCUT2D eigenvalue weighted by molar-refractivity contribution is 0.0995. The van der Waals surface area contributed by atoms with E-state index >= 15 is 0 Å².